The molecule has 1 aliphatic carbocycles. The minimum atomic E-state index is -0.556. The van der Waals surface area contributed by atoms with Crippen molar-refractivity contribution in [2.24, 2.45) is 0 Å². The van der Waals surface area contributed by atoms with Crippen molar-refractivity contribution < 1.29 is 8.81 Å². The van der Waals surface area contributed by atoms with Gasteiger partial charge < -0.3 is 15.1 Å². The van der Waals surface area contributed by atoms with Crippen molar-refractivity contribution in [1.29, 1.82) is 0 Å². The zero-order valence-electron chi connectivity index (χ0n) is 20.1. The Morgan fingerprint density at radius 2 is 2.09 bits per heavy atom. The molecular weight excluding hydrogens is 449 g/mol. The highest BCUT2D eigenvalue weighted by atomic mass is 19.1. The molecule has 1 fully saturated rings. The van der Waals surface area contributed by atoms with Crippen molar-refractivity contribution in [3.63, 3.8) is 0 Å². The van der Waals surface area contributed by atoms with Gasteiger partial charge in [-0.2, -0.15) is 14.6 Å². The lowest BCUT2D eigenvalue weighted by molar-refractivity contribution is 0.411. The minimum absolute atomic E-state index is 0.0662. The predicted octanol–water partition coefficient (Wildman–Crippen LogP) is 3.72. The third-order valence-electron chi connectivity index (χ3n) is 7.27. The van der Waals surface area contributed by atoms with E-state index in [2.05, 4.69) is 51.6 Å². The third kappa shape index (κ3) is 3.46. The predicted molar refractivity (Wildman–Crippen MR) is 130 cm³/mol. The van der Waals surface area contributed by atoms with Crippen LogP contribution in [0.1, 0.15) is 50.4 Å². The number of aromatic nitrogens is 5. The lowest BCUT2D eigenvalue weighted by Gasteiger charge is -2.33. The fourth-order valence-corrected chi connectivity index (χ4v) is 4.99. The molecule has 1 aliphatic heterocycles. The highest BCUT2D eigenvalue weighted by Gasteiger charge is 2.47. The second kappa shape index (κ2) is 7.74. The van der Waals surface area contributed by atoms with E-state index < -0.39 is 12.1 Å². The van der Waals surface area contributed by atoms with E-state index in [-0.39, 0.29) is 17.0 Å². The molecule has 9 nitrogen and oxygen atoms in total. The Hall–Kier alpha value is -3.53. The van der Waals surface area contributed by atoms with Gasteiger partial charge in [0.25, 0.3) is 5.56 Å². The molecule has 0 bridgehead atoms. The smallest absolute Gasteiger partial charge is 0.323 e. The zero-order chi connectivity index (χ0) is 24.4. The minimum Gasteiger partial charge on any atom is -0.430 e. The summed E-state index contributed by atoms with van der Waals surface area (Å²) >= 11 is 0. The fourth-order valence-electron chi connectivity index (χ4n) is 4.99. The number of hydrogen-bond donors (Lipinski definition) is 2. The van der Waals surface area contributed by atoms with Crippen LogP contribution in [0, 0.1) is 0 Å². The van der Waals surface area contributed by atoms with Crippen LogP contribution in [0.15, 0.2) is 39.9 Å². The summed E-state index contributed by atoms with van der Waals surface area (Å²) in [4.78, 5) is 26.6. The quantitative estimate of drug-likeness (QED) is 0.436. The maximum Gasteiger partial charge on any atom is 0.323 e. The molecule has 4 aromatic rings. The summed E-state index contributed by atoms with van der Waals surface area (Å²) in [6, 6.07) is 6.47. The normalized spacial score (nSPS) is 17.9. The summed E-state index contributed by atoms with van der Waals surface area (Å²) in [6.07, 6.45) is 4.49. The number of anilines is 2. The molecule has 35 heavy (non-hydrogen) atoms. The maximum atomic E-state index is 13.6. The number of fused-ring (bicyclic) bond motifs is 2. The first-order valence-corrected chi connectivity index (χ1v) is 12.0. The van der Waals surface area contributed by atoms with Gasteiger partial charge in [-0.05, 0) is 43.0 Å². The average molecular weight is 478 g/mol. The Morgan fingerprint density at radius 3 is 2.83 bits per heavy atom. The molecule has 0 radical (unpaired) electrons. The molecule has 0 unspecified atom stereocenters. The molecule has 0 atom stereocenters. The van der Waals surface area contributed by atoms with Gasteiger partial charge in [-0.25, -0.2) is 9.67 Å². The number of halogens is 1. The molecule has 0 saturated heterocycles. The van der Waals surface area contributed by atoms with Gasteiger partial charge in [0, 0.05) is 42.3 Å². The van der Waals surface area contributed by atoms with Gasteiger partial charge in [0.1, 0.15) is 18.3 Å². The van der Waals surface area contributed by atoms with E-state index >= 15 is 0 Å². The average Bonchev–Trinajstić information content (AvgIpc) is 3.40. The first-order chi connectivity index (χ1) is 16.8. The fraction of sp³-hybridized carbons (Fsp3) is 0.440. The van der Waals surface area contributed by atoms with Gasteiger partial charge in [0.05, 0.1) is 5.69 Å². The molecular formula is C25H28FN7O2. The SMILES string of the molecule is CCn1c(=O)c2cnc(Nc3ccc4c(c3)CNCC4(C)C)nc2n1-c1nc(C2(CF)CC2)co1. The molecule has 4 heterocycles. The van der Waals surface area contributed by atoms with Crippen molar-refractivity contribution in [3.05, 3.63) is 57.8 Å². The lowest BCUT2D eigenvalue weighted by atomic mass is 9.79. The van der Waals surface area contributed by atoms with Crippen LogP contribution in [0.4, 0.5) is 16.0 Å². The molecule has 182 valence electrons. The van der Waals surface area contributed by atoms with Crippen LogP contribution in [0.3, 0.4) is 0 Å². The van der Waals surface area contributed by atoms with Crippen LogP contribution in [0.2, 0.25) is 0 Å². The van der Waals surface area contributed by atoms with Crippen LogP contribution in [-0.4, -0.2) is 37.5 Å². The van der Waals surface area contributed by atoms with Crippen molar-refractivity contribution in [3.8, 4) is 6.01 Å². The molecule has 0 amide bonds. The van der Waals surface area contributed by atoms with Gasteiger partial charge in [-0.3, -0.25) is 9.18 Å². The summed E-state index contributed by atoms with van der Waals surface area (Å²) in [5.41, 5.74) is 3.66. The largest absolute Gasteiger partial charge is 0.430 e. The van der Waals surface area contributed by atoms with Gasteiger partial charge in [-0.1, -0.05) is 19.9 Å². The first-order valence-electron chi connectivity index (χ1n) is 12.0. The topological polar surface area (TPSA) is 103 Å². The summed E-state index contributed by atoms with van der Waals surface area (Å²) in [7, 11) is 0. The molecule has 3 aromatic heterocycles. The number of oxazole rings is 1. The Labute approximate surface area is 201 Å². The van der Waals surface area contributed by atoms with Crippen molar-refractivity contribution >= 4 is 22.7 Å². The van der Waals surface area contributed by atoms with E-state index in [1.54, 1.807) is 4.68 Å². The number of alkyl halides is 1. The van der Waals surface area contributed by atoms with Crippen molar-refractivity contribution in [2.45, 2.75) is 57.5 Å². The van der Waals surface area contributed by atoms with E-state index in [0.717, 1.165) is 31.6 Å². The summed E-state index contributed by atoms with van der Waals surface area (Å²) in [5.74, 6) is 0.358. The monoisotopic (exact) mass is 477 g/mol. The second-order valence-electron chi connectivity index (χ2n) is 10.2. The van der Waals surface area contributed by atoms with E-state index in [0.29, 0.717) is 29.2 Å². The number of nitrogens with one attached hydrogen (secondary N) is 2. The van der Waals surface area contributed by atoms with Crippen molar-refractivity contribution in [2.75, 3.05) is 18.5 Å². The van der Waals surface area contributed by atoms with Gasteiger partial charge in [0.2, 0.25) is 5.95 Å². The molecule has 6 rings (SSSR count). The van der Waals surface area contributed by atoms with Crippen LogP contribution in [0.5, 0.6) is 0 Å². The highest BCUT2D eigenvalue weighted by molar-refractivity contribution is 5.76. The van der Waals surface area contributed by atoms with E-state index in [1.165, 1.54) is 28.3 Å². The molecule has 2 N–H and O–H groups in total. The molecule has 10 heteroatoms. The zero-order valence-corrected chi connectivity index (χ0v) is 20.1. The summed E-state index contributed by atoms with van der Waals surface area (Å²) in [6.45, 7) is 7.97. The number of benzene rings is 1. The molecule has 2 aliphatic rings. The van der Waals surface area contributed by atoms with Gasteiger partial charge in [-0.15, -0.1) is 0 Å². The molecule has 1 saturated carbocycles. The third-order valence-corrected chi connectivity index (χ3v) is 7.27. The highest BCUT2D eigenvalue weighted by Crippen LogP contribution is 2.48. The lowest BCUT2D eigenvalue weighted by Crippen LogP contribution is -2.38. The Morgan fingerprint density at radius 1 is 1.26 bits per heavy atom. The van der Waals surface area contributed by atoms with Crippen LogP contribution < -0.4 is 16.2 Å². The van der Waals surface area contributed by atoms with Crippen LogP contribution >= 0.6 is 0 Å². The molecule has 1 aromatic carbocycles. The Balaban J connectivity index is 1.40. The number of rotatable bonds is 6. The summed E-state index contributed by atoms with van der Waals surface area (Å²) in [5, 5.41) is 7.10. The standard InChI is InChI=1S/C25H28FN7O2/c1-4-32-21(34)17-11-28-22(29-16-5-6-18-15(9-16)10-27-14-24(18,2)3)31-20(17)33(32)23-30-19(12-35-23)25(13-26)7-8-25/h5-6,9,11-12,27H,4,7-8,10,13-14H2,1-3H3,(H,28,29,31). The van der Waals surface area contributed by atoms with Gasteiger partial charge in [0.15, 0.2) is 5.65 Å². The summed E-state index contributed by atoms with van der Waals surface area (Å²) < 4.78 is 22.3. The van der Waals surface area contributed by atoms with E-state index in [4.69, 9.17) is 4.42 Å². The van der Waals surface area contributed by atoms with Crippen LogP contribution in [-0.2, 0) is 23.9 Å². The molecule has 0 spiro atoms. The van der Waals surface area contributed by atoms with E-state index in [9.17, 15) is 9.18 Å². The second-order valence-corrected chi connectivity index (χ2v) is 10.2. The van der Waals surface area contributed by atoms with Crippen LogP contribution in [0.25, 0.3) is 17.0 Å². The Bertz CT molecular complexity index is 1500. The van der Waals surface area contributed by atoms with Gasteiger partial charge >= 0.3 is 6.01 Å². The van der Waals surface area contributed by atoms with E-state index in [1.807, 2.05) is 13.0 Å². The number of nitrogens with zero attached hydrogens (tertiary/aromatic N) is 5. The number of hydrogen-bond acceptors (Lipinski definition) is 7. The maximum absolute atomic E-state index is 13.6. The first kappa shape index (κ1) is 22.0. The van der Waals surface area contributed by atoms with Crippen molar-refractivity contribution in [1.82, 2.24) is 29.6 Å². The Kier molecular flexibility index (Phi) is 4.86.